The highest BCUT2D eigenvalue weighted by Gasteiger charge is 2.23. The van der Waals surface area contributed by atoms with Crippen molar-refractivity contribution in [2.75, 3.05) is 47.9 Å². The molecule has 2 unspecified atom stereocenters. The number of hydrazine groups is 1. The molecule has 2 aromatic carbocycles. The Bertz CT molecular complexity index is 2700. The number of nitrogens with zero attached hydrogens (tertiary/aromatic N) is 7. The van der Waals surface area contributed by atoms with Gasteiger partial charge < -0.3 is 53.5 Å². The lowest BCUT2D eigenvalue weighted by atomic mass is 10.0. The largest absolute Gasteiger partial charge is 0.382 e. The molecule has 0 saturated carbocycles. The molecule has 2 aromatic heterocycles. The maximum atomic E-state index is 13.3. The molecule has 2 atom stereocenters. The Morgan fingerprint density at radius 2 is 1.64 bits per heavy atom. The van der Waals surface area contributed by atoms with Gasteiger partial charge in [0.05, 0.1) is 43.1 Å². The lowest BCUT2D eigenvalue weighted by molar-refractivity contribution is -0.137. The highest BCUT2D eigenvalue weighted by molar-refractivity contribution is 6.13. The molecule has 0 spiro atoms. The third-order valence-electron chi connectivity index (χ3n) is 10.5. The summed E-state index contributed by atoms with van der Waals surface area (Å²) in [5, 5.41) is 16.8. The van der Waals surface area contributed by atoms with Crippen LogP contribution in [-0.2, 0) is 35.3 Å². The van der Waals surface area contributed by atoms with E-state index in [0.29, 0.717) is 42.4 Å². The molecule has 25 heteroatoms. The standard InChI is InChI=1S/C45H53N17O8/c1-3-19-61(24-30-22-52-41-38(54-30)40(47)57-45(48)58-41)31-13-10-27(11-14-31)43(69)56-29(25-63)8-7-18-50-44(70)32-15-12-28(21-33(32)39(46)59-60-49)55-42(68)26(2)53-35(65)23-51-34(64)9-5-4-6-20-62-36(66)16-17-37(62)67/h1,10-17,21-22,25-26,29,60H,4-9,18-20,23-24,49H2,2H3,(H2,46,59)(H,50,70)(H,51,64)(H,53,65)(H,55,68)(H,56,69)(H4,47,48,52,57,58). The Kier molecular flexibility index (Phi) is 18.7. The number of terminal acetylenes is 1. The lowest BCUT2D eigenvalue weighted by Gasteiger charge is -2.22. The van der Waals surface area contributed by atoms with E-state index in [1.165, 1.54) is 43.5 Å². The second kappa shape index (κ2) is 25.2. The van der Waals surface area contributed by atoms with Gasteiger partial charge >= 0.3 is 0 Å². The molecule has 0 bridgehead atoms. The number of imide groups is 1. The molecule has 5 rings (SSSR count). The van der Waals surface area contributed by atoms with Crippen molar-refractivity contribution in [2.24, 2.45) is 16.7 Å². The minimum Gasteiger partial charge on any atom is -0.382 e. The van der Waals surface area contributed by atoms with Crippen LogP contribution in [0.25, 0.3) is 11.2 Å². The number of rotatable bonds is 25. The van der Waals surface area contributed by atoms with Crippen molar-refractivity contribution in [2.45, 2.75) is 64.1 Å². The fraction of sp³-hybridized carbons (Fsp3) is 0.311. The molecule has 0 fully saturated rings. The third-order valence-corrected chi connectivity index (χ3v) is 10.5. The average Bonchev–Trinajstić information content (AvgIpc) is 3.66. The van der Waals surface area contributed by atoms with Gasteiger partial charge in [-0.15, -0.1) is 11.5 Å². The summed E-state index contributed by atoms with van der Waals surface area (Å²) in [7, 11) is 0. The van der Waals surface area contributed by atoms with Crippen molar-refractivity contribution < 1.29 is 38.4 Å². The molecule has 14 N–H and O–H groups in total. The Morgan fingerprint density at radius 1 is 0.900 bits per heavy atom. The van der Waals surface area contributed by atoms with Crippen LogP contribution in [0, 0.1) is 12.3 Å². The highest BCUT2D eigenvalue weighted by atomic mass is 16.2. The van der Waals surface area contributed by atoms with Crippen molar-refractivity contribution in [3.8, 4) is 12.3 Å². The van der Waals surface area contributed by atoms with E-state index in [1.807, 2.05) is 4.90 Å². The van der Waals surface area contributed by atoms with Gasteiger partial charge in [-0.05, 0) is 75.1 Å². The van der Waals surface area contributed by atoms with Crippen molar-refractivity contribution in [1.82, 2.24) is 51.6 Å². The Labute approximate surface area is 401 Å². The topological polar surface area (TPSA) is 383 Å². The van der Waals surface area contributed by atoms with Crippen molar-refractivity contribution in [1.29, 1.82) is 0 Å². The molecule has 0 radical (unpaired) electrons. The number of fused-ring (bicyclic) bond motifs is 1. The number of aromatic nitrogens is 4. The molecule has 0 aliphatic carbocycles. The number of hydrogen-bond donors (Lipinski definition) is 10. The third kappa shape index (κ3) is 14.7. The van der Waals surface area contributed by atoms with E-state index in [2.05, 4.69) is 63.1 Å². The fourth-order valence-electron chi connectivity index (χ4n) is 6.89. The number of amidine groups is 1. The maximum Gasteiger partial charge on any atom is 0.253 e. The van der Waals surface area contributed by atoms with Crippen LogP contribution in [0.1, 0.15) is 77.4 Å². The molecular formula is C45H53N17O8. The predicted molar refractivity (Wildman–Crippen MR) is 257 cm³/mol. The van der Waals surface area contributed by atoms with Crippen molar-refractivity contribution in [3.63, 3.8) is 0 Å². The number of nitrogen functional groups attached to an aromatic ring is 2. The molecule has 4 aromatic rings. The van der Waals surface area contributed by atoms with Crippen LogP contribution in [0.5, 0.6) is 0 Å². The van der Waals surface area contributed by atoms with E-state index in [4.69, 9.17) is 29.5 Å². The summed E-state index contributed by atoms with van der Waals surface area (Å²) in [4.78, 5) is 119. The van der Waals surface area contributed by atoms with Crippen LogP contribution in [0.15, 0.2) is 65.9 Å². The zero-order valence-corrected chi connectivity index (χ0v) is 38.1. The van der Waals surface area contributed by atoms with E-state index in [-0.39, 0.29) is 115 Å². The number of aldehydes is 1. The van der Waals surface area contributed by atoms with E-state index < -0.39 is 35.7 Å². The molecule has 366 valence electrons. The second-order valence-corrected chi connectivity index (χ2v) is 15.6. The summed E-state index contributed by atoms with van der Waals surface area (Å²) < 4.78 is 0. The average molecular weight is 960 g/mol. The molecule has 70 heavy (non-hydrogen) atoms. The summed E-state index contributed by atoms with van der Waals surface area (Å²) >= 11 is 0. The number of hydrogen-bond acceptors (Lipinski definition) is 18. The number of nitrogens with one attached hydrogen (secondary N) is 6. The van der Waals surface area contributed by atoms with Gasteiger partial charge in [0.2, 0.25) is 23.7 Å². The van der Waals surface area contributed by atoms with Crippen LogP contribution in [-0.4, -0.2) is 117 Å². The predicted octanol–water partition coefficient (Wildman–Crippen LogP) is -1.14. The van der Waals surface area contributed by atoms with Crippen LogP contribution >= 0.6 is 0 Å². The summed E-state index contributed by atoms with van der Waals surface area (Å²) in [5.74, 6) is 4.39. The van der Waals surface area contributed by atoms with Crippen molar-refractivity contribution >= 4 is 87.8 Å². The van der Waals surface area contributed by atoms with Crippen molar-refractivity contribution in [3.05, 3.63) is 83.2 Å². The summed E-state index contributed by atoms with van der Waals surface area (Å²) in [6, 6.07) is 8.87. The molecule has 0 saturated heterocycles. The van der Waals surface area contributed by atoms with Gasteiger partial charge in [-0.25, -0.2) is 21.3 Å². The first-order chi connectivity index (χ1) is 33.6. The van der Waals surface area contributed by atoms with E-state index in [9.17, 15) is 38.4 Å². The van der Waals surface area contributed by atoms with Gasteiger partial charge in [0.15, 0.2) is 22.8 Å². The quantitative estimate of drug-likeness (QED) is 0.00548. The zero-order valence-electron chi connectivity index (χ0n) is 38.1. The second-order valence-electron chi connectivity index (χ2n) is 15.6. The molecule has 1 aliphatic rings. The Balaban J connectivity index is 1.06. The van der Waals surface area contributed by atoms with E-state index >= 15 is 0 Å². The molecule has 1 aliphatic heterocycles. The summed E-state index contributed by atoms with van der Waals surface area (Å²) in [6.07, 6.45) is 12.4. The number of hydrazone groups is 1. The Morgan fingerprint density at radius 3 is 2.34 bits per heavy atom. The SMILES string of the molecule is C#CCN(Cc1cnc2nc(N)nc(N)c2n1)c1ccc(C(=O)NC(C=O)CCCNC(=O)c2ccc(NC(=O)C(C)NC(=O)CNC(=O)CCCCCN3C(=O)C=CC3=O)cc2/C(N)=N/NN)cc1. The smallest absolute Gasteiger partial charge is 0.253 e. The number of nitrogens with two attached hydrogens (primary N) is 4. The minimum atomic E-state index is -1.04. The number of benzene rings is 2. The summed E-state index contributed by atoms with van der Waals surface area (Å²) in [6.45, 7) is 1.86. The van der Waals surface area contributed by atoms with Gasteiger partial charge in [-0.3, -0.25) is 38.5 Å². The monoisotopic (exact) mass is 959 g/mol. The van der Waals surface area contributed by atoms with Gasteiger partial charge in [0, 0.05) is 54.2 Å². The van der Waals surface area contributed by atoms with Crippen LogP contribution in [0.3, 0.4) is 0 Å². The molecule has 7 amide bonds. The van der Waals surface area contributed by atoms with Gasteiger partial charge in [-0.2, -0.15) is 9.97 Å². The number of amides is 7. The highest BCUT2D eigenvalue weighted by Crippen LogP contribution is 2.21. The van der Waals surface area contributed by atoms with E-state index in [1.54, 1.807) is 24.3 Å². The first-order valence-corrected chi connectivity index (χ1v) is 21.8. The normalized spacial score (nSPS) is 12.9. The lowest BCUT2D eigenvalue weighted by Crippen LogP contribution is -2.45. The van der Waals surface area contributed by atoms with E-state index in [0.717, 1.165) is 4.90 Å². The van der Waals surface area contributed by atoms with Crippen LogP contribution in [0.4, 0.5) is 23.1 Å². The maximum absolute atomic E-state index is 13.3. The van der Waals surface area contributed by atoms with Crippen LogP contribution in [0.2, 0.25) is 0 Å². The fourth-order valence-corrected chi connectivity index (χ4v) is 6.89. The zero-order chi connectivity index (χ0) is 50.7. The first-order valence-electron chi connectivity index (χ1n) is 21.8. The molecule has 25 nitrogen and oxygen atoms in total. The molecule has 3 heterocycles. The number of carbonyl (C=O) groups excluding carboxylic acids is 8. The summed E-state index contributed by atoms with van der Waals surface area (Å²) in [5.41, 5.74) is 22.2. The minimum absolute atomic E-state index is 0.0220. The first kappa shape index (κ1) is 51.9. The van der Waals surface area contributed by atoms with Gasteiger partial charge in [0.1, 0.15) is 12.3 Å². The van der Waals surface area contributed by atoms with Crippen LogP contribution < -0.4 is 60.1 Å². The van der Waals surface area contributed by atoms with Gasteiger partial charge in [-0.1, -0.05) is 12.3 Å². The van der Waals surface area contributed by atoms with Gasteiger partial charge in [0.25, 0.3) is 23.6 Å². The molecular weight excluding hydrogens is 907 g/mol. The number of anilines is 4. The number of carbonyl (C=O) groups is 8. The number of unbranched alkanes of at least 4 members (excludes halogenated alkanes) is 2. The Hall–Kier alpha value is -9.05.